The molecule has 0 aliphatic rings. The average molecular weight is 251 g/mol. The van der Waals surface area contributed by atoms with Gasteiger partial charge in [-0.1, -0.05) is 13.8 Å². The topological polar surface area (TPSA) is 87.4 Å². The summed E-state index contributed by atoms with van der Waals surface area (Å²) >= 11 is 0. The summed E-state index contributed by atoms with van der Waals surface area (Å²) < 4.78 is 0. The number of nitrogens with one attached hydrogen (secondary N) is 2. The molecule has 1 aromatic rings. The van der Waals surface area contributed by atoms with Gasteiger partial charge in [-0.3, -0.25) is 4.79 Å². The lowest BCUT2D eigenvalue weighted by molar-refractivity contribution is 0.0963. The molecule has 0 bridgehead atoms. The lowest BCUT2D eigenvalue weighted by Crippen LogP contribution is -2.29. The third-order valence-corrected chi connectivity index (χ3v) is 2.88. The van der Waals surface area contributed by atoms with Crippen LogP contribution in [0.25, 0.3) is 0 Å². The molecule has 0 fully saturated rings. The van der Waals surface area contributed by atoms with Crippen molar-refractivity contribution in [3.63, 3.8) is 0 Å². The molecule has 1 atom stereocenters. The fourth-order valence-corrected chi connectivity index (χ4v) is 1.60. The number of amides is 1. The molecule has 0 saturated heterocycles. The number of carbonyl (C=O) groups is 1. The molecule has 100 valence electrons. The standard InChI is InChI=1S/C13H21N3O2/c1-8(2)12(7-17)16-11-5-4-9(6-10(11)14)13(18)15-3/h4-6,8,12,16-17H,7,14H2,1-3H3,(H,15,18)/t12-/m1/s1. The summed E-state index contributed by atoms with van der Waals surface area (Å²) in [7, 11) is 1.57. The van der Waals surface area contributed by atoms with E-state index in [0.717, 1.165) is 5.69 Å². The maximum Gasteiger partial charge on any atom is 0.251 e. The number of hydrogen-bond donors (Lipinski definition) is 4. The van der Waals surface area contributed by atoms with E-state index in [4.69, 9.17) is 5.73 Å². The van der Waals surface area contributed by atoms with Gasteiger partial charge in [0.25, 0.3) is 5.91 Å². The normalized spacial score (nSPS) is 12.3. The van der Waals surface area contributed by atoms with Crippen LogP contribution in [0.4, 0.5) is 11.4 Å². The van der Waals surface area contributed by atoms with E-state index in [9.17, 15) is 9.90 Å². The van der Waals surface area contributed by atoms with Crippen molar-refractivity contribution in [2.24, 2.45) is 5.92 Å². The number of benzene rings is 1. The molecular weight excluding hydrogens is 230 g/mol. The maximum absolute atomic E-state index is 11.4. The van der Waals surface area contributed by atoms with E-state index < -0.39 is 0 Å². The van der Waals surface area contributed by atoms with Gasteiger partial charge in [0.05, 0.1) is 24.0 Å². The molecule has 5 N–H and O–H groups in total. The van der Waals surface area contributed by atoms with E-state index in [2.05, 4.69) is 10.6 Å². The Bertz CT molecular complexity index is 419. The van der Waals surface area contributed by atoms with Crippen molar-refractivity contribution in [3.8, 4) is 0 Å². The highest BCUT2D eigenvalue weighted by molar-refractivity contribution is 5.95. The summed E-state index contributed by atoms with van der Waals surface area (Å²) in [6.45, 7) is 4.07. The third-order valence-electron chi connectivity index (χ3n) is 2.88. The summed E-state index contributed by atoms with van der Waals surface area (Å²) in [6, 6.07) is 5.02. The molecular formula is C13H21N3O2. The zero-order valence-electron chi connectivity index (χ0n) is 11.0. The predicted molar refractivity (Wildman–Crippen MR) is 73.6 cm³/mol. The molecule has 0 heterocycles. The van der Waals surface area contributed by atoms with Crippen molar-refractivity contribution >= 4 is 17.3 Å². The van der Waals surface area contributed by atoms with Crippen molar-refractivity contribution < 1.29 is 9.90 Å². The molecule has 1 rings (SSSR count). The van der Waals surface area contributed by atoms with Crippen LogP contribution in [0.3, 0.4) is 0 Å². The summed E-state index contributed by atoms with van der Waals surface area (Å²) in [5, 5.41) is 15.0. The van der Waals surface area contributed by atoms with Gasteiger partial charge < -0.3 is 21.5 Å². The second-order valence-electron chi connectivity index (χ2n) is 4.56. The molecule has 0 spiro atoms. The van der Waals surface area contributed by atoms with E-state index in [1.807, 2.05) is 13.8 Å². The van der Waals surface area contributed by atoms with E-state index in [1.54, 1.807) is 25.2 Å². The van der Waals surface area contributed by atoms with Gasteiger partial charge in [0.15, 0.2) is 0 Å². The van der Waals surface area contributed by atoms with Crippen molar-refractivity contribution in [2.75, 3.05) is 24.7 Å². The highest BCUT2D eigenvalue weighted by Gasteiger charge is 2.14. The van der Waals surface area contributed by atoms with E-state index in [0.29, 0.717) is 11.3 Å². The van der Waals surface area contributed by atoms with Gasteiger partial charge in [-0.15, -0.1) is 0 Å². The molecule has 18 heavy (non-hydrogen) atoms. The van der Waals surface area contributed by atoms with Crippen LogP contribution in [-0.2, 0) is 0 Å². The molecule has 0 aliphatic carbocycles. The molecule has 1 amide bonds. The lowest BCUT2D eigenvalue weighted by atomic mass is 10.0. The Morgan fingerprint density at radius 2 is 2.11 bits per heavy atom. The number of nitrogens with two attached hydrogens (primary N) is 1. The van der Waals surface area contributed by atoms with Crippen molar-refractivity contribution in [1.82, 2.24) is 5.32 Å². The van der Waals surface area contributed by atoms with Gasteiger partial charge >= 0.3 is 0 Å². The molecule has 0 aromatic heterocycles. The first-order valence-electron chi connectivity index (χ1n) is 5.98. The maximum atomic E-state index is 11.4. The van der Waals surface area contributed by atoms with Crippen LogP contribution >= 0.6 is 0 Å². The largest absolute Gasteiger partial charge is 0.397 e. The van der Waals surface area contributed by atoms with Gasteiger partial charge in [0.2, 0.25) is 0 Å². The fourth-order valence-electron chi connectivity index (χ4n) is 1.60. The van der Waals surface area contributed by atoms with E-state index in [1.165, 1.54) is 0 Å². The fraction of sp³-hybridized carbons (Fsp3) is 0.462. The zero-order valence-corrected chi connectivity index (χ0v) is 11.0. The van der Waals surface area contributed by atoms with Crippen LogP contribution < -0.4 is 16.4 Å². The Hall–Kier alpha value is -1.75. The van der Waals surface area contributed by atoms with Crippen molar-refractivity contribution in [2.45, 2.75) is 19.9 Å². The molecule has 0 unspecified atom stereocenters. The van der Waals surface area contributed by atoms with Crippen LogP contribution in [0.2, 0.25) is 0 Å². The second-order valence-corrected chi connectivity index (χ2v) is 4.56. The first-order chi connectivity index (χ1) is 8.49. The Morgan fingerprint density at radius 1 is 1.44 bits per heavy atom. The Morgan fingerprint density at radius 3 is 2.56 bits per heavy atom. The van der Waals surface area contributed by atoms with E-state index >= 15 is 0 Å². The quantitative estimate of drug-likeness (QED) is 0.589. The van der Waals surface area contributed by atoms with Crippen molar-refractivity contribution in [3.05, 3.63) is 23.8 Å². The summed E-state index contributed by atoms with van der Waals surface area (Å²) in [5.74, 6) is 0.115. The number of carbonyl (C=O) groups excluding carboxylic acids is 1. The average Bonchev–Trinajstić information content (AvgIpc) is 2.35. The summed E-state index contributed by atoms with van der Waals surface area (Å²) in [4.78, 5) is 11.4. The zero-order chi connectivity index (χ0) is 13.7. The Balaban J connectivity index is 2.89. The Labute approximate surface area is 107 Å². The summed E-state index contributed by atoms with van der Waals surface area (Å²) in [6.07, 6.45) is 0. The smallest absolute Gasteiger partial charge is 0.251 e. The Kier molecular flexibility index (Phi) is 4.97. The van der Waals surface area contributed by atoms with Gasteiger partial charge in [-0.2, -0.15) is 0 Å². The second kappa shape index (κ2) is 6.26. The van der Waals surface area contributed by atoms with Crippen LogP contribution in [0.15, 0.2) is 18.2 Å². The van der Waals surface area contributed by atoms with Gasteiger partial charge in [-0.25, -0.2) is 0 Å². The minimum atomic E-state index is -0.171. The first-order valence-corrected chi connectivity index (χ1v) is 5.98. The molecule has 0 radical (unpaired) electrons. The number of nitrogen functional groups attached to an aromatic ring is 1. The summed E-state index contributed by atoms with van der Waals surface area (Å²) in [5.41, 5.74) is 7.64. The van der Waals surface area contributed by atoms with Crippen LogP contribution in [-0.4, -0.2) is 30.7 Å². The number of aliphatic hydroxyl groups is 1. The molecule has 0 saturated carbocycles. The van der Waals surface area contributed by atoms with Crippen molar-refractivity contribution in [1.29, 1.82) is 0 Å². The molecule has 5 nitrogen and oxygen atoms in total. The monoisotopic (exact) mass is 251 g/mol. The highest BCUT2D eigenvalue weighted by Crippen LogP contribution is 2.22. The third kappa shape index (κ3) is 3.37. The van der Waals surface area contributed by atoms with Crippen LogP contribution in [0.1, 0.15) is 24.2 Å². The number of hydrogen-bond acceptors (Lipinski definition) is 4. The van der Waals surface area contributed by atoms with Crippen LogP contribution in [0, 0.1) is 5.92 Å². The SMILES string of the molecule is CNC(=O)c1ccc(N[C@H](CO)C(C)C)c(N)c1. The lowest BCUT2D eigenvalue weighted by Gasteiger charge is -2.22. The van der Waals surface area contributed by atoms with Gasteiger partial charge in [-0.05, 0) is 24.1 Å². The van der Waals surface area contributed by atoms with Gasteiger partial charge in [0, 0.05) is 12.6 Å². The molecule has 0 aliphatic heterocycles. The number of rotatable bonds is 5. The van der Waals surface area contributed by atoms with E-state index in [-0.39, 0.29) is 24.5 Å². The highest BCUT2D eigenvalue weighted by atomic mass is 16.3. The first kappa shape index (κ1) is 14.3. The predicted octanol–water partition coefficient (Wildman–Crippen LogP) is 1.06. The number of anilines is 2. The minimum absolute atomic E-state index is 0.0360. The molecule has 5 heteroatoms. The minimum Gasteiger partial charge on any atom is -0.397 e. The molecule has 1 aromatic carbocycles. The van der Waals surface area contributed by atoms with Gasteiger partial charge in [0.1, 0.15) is 0 Å². The van der Waals surface area contributed by atoms with Crippen LogP contribution in [0.5, 0.6) is 0 Å². The number of aliphatic hydroxyl groups excluding tert-OH is 1.